The van der Waals surface area contributed by atoms with E-state index in [4.69, 9.17) is 25.4 Å². The summed E-state index contributed by atoms with van der Waals surface area (Å²) in [5.41, 5.74) is 0. The van der Waals surface area contributed by atoms with E-state index in [1.165, 1.54) is 6.42 Å². The normalized spacial score (nSPS) is 19.6. The lowest BCUT2D eigenvalue weighted by molar-refractivity contribution is -0.169. The molecule has 104 valence electrons. The highest BCUT2D eigenvalue weighted by atomic mass is 16.7. The van der Waals surface area contributed by atoms with Crippen LogP contribution in [0.4, 0.5) is 0 Å². The summed E-state index contributed by atoms with van der Waals surface area (Å²) in [5.74, 6) is 2.44. The standard InChI is InChI=1S/C14H24O4/c1-2-8-15-9-5-6-10-16-12-13-18-14-7-3-4-11-17-14/h1,14H,3-13H2. The summed E-state index contributed by atoms with van der Waals surface area (Å²) in [6.07, 6.45) is 10.4. The lowest BCUT2D eigenvalue weighted by Crippen LogP contribution is -2.24. The zero-order chi connectivity index (χ0) is 12.9. The molecule has 0 aliphatic carbocycles. The highest BCUT2D eigenvalue weighted by molar-refractivity contribution is 4.82. The van der Waals surface area contributed by atoms with Crippen molar-refractivity contribution in [3.05, 3.63) is 0 Å². The van der Waals surface area contributed by atoms with Crippen LogP contribution in [-0.4, -0.2) is 45.9 Å². The molecule has 4 nitrogen and oxygen atoms in total. The number of unbranched alkanes of at least 4 members (excludes halogenated alkanes) is 1. The van der Waals surface area contributed by atoms with Gasteiger partial charge in [-0.15, -0.1) is 6.42 Å². The minimum absolute atomic E-state index is 0.0143. The summed E-state index contributed by atoms with van der Waals surface area (Å²) in [7, 11) is 0. The zero-order valence-corrected chi connectivity index (χ0v) is 11.1. The molecule has 0 amide bonds. The van der Waals surface area contributed by atoms with Gasteiger partial charge in [-0.2, -0.15) is 0 Å². The van der Waals surface area contributed by atoms with Crippen molar-refractivity contribution in [3.8, 4) is 12.3 Å². The largest absolute Gasteiger partial charge is 0.379 e. The van der Waals surface area contributed by atoms with Gasteiger partial charge in [0, 0.05) is 19.8 Å². The van der Waals surface area contributed by atoms with Crippen molar-refractivity contribution in [3.63, 3.8) is 0 Å². The summed E-state index contributed by atoms with van der Waals surface area (Å²) in [6, 6.07) is 0. The third kappa shape index (κ3) is 8.48. The van der Waals surface area contributed by atoms with Crippen LogP contribution in [0.3, 0.4) is 0 Å². The van der Waals surface area contributed by atoms with E-state index in [-0.39, 0.29) is 6.29 Å². The Bertz CT molecular complexity index is 218. The number of hydrogen-bond acceptors (Lipinski definition) is 4. The maximum Gasteiger partial charge on any atom is 0.157 e. The molecule has 0 aromatic heterocycles. The predicted molar refractivity (Wildman–Crippen MR) is 69.2 cm³/mol. The van der Waals surface area contributed by atoms with E-state index in [0.29, 0.717) is 26.4 Å². The molecule has 1 saturated heterocycles. The van der Waals surface area contributed by atoms with Gasteiger partial charge in [-0.3, -0.25) is 0 Å². The minimum Gasteiger partial charge on any atom is -0.379 e. The number of rotatable bonds is 10. The summed E-state index contributed by atoms with van der Waals surface area (Å²) in [4.78, 5) is 0. The summed E-state index contributed by atoms with van der Waals surface area (Å²) >= 11 is 0. The van der Waals surface area contributed by atoms with Crippen LogP contribution in [0.1, 0.15) is 32.1 Å². The molecule has 0 spiro atoms. The van der Waals surface area contributed by atoms with E-state index >= 15 is 0 Å². The first kappa shape index (κ1) is 15.5. The third-order valence-electron chi connectivity index (χ3n) is 2.68. The molecule has 0 bridgehead atoms. The molecule has 0 saturated carbocycles. The fourth-order valence-corrected chi connectivity index (χ4v) is 1.72. The SMILES string of the molecule is C#CCOCCCCOCCOC1CCCCO1. The van der Waals surface area contributed by atoms with Crippen LogP contribution in [0.5, 0.6) is 0 Å². The molecular formula is C14H24O4. The smallest absolute Gasteiger partial charge is 0.157 e. The Balaban J connectivity index is 1.74. The third-order valence-corrected chi connectivity index (χ3v) is 2.68. The summed E-state index contributed by atoms with van der Waals surface area (Å²) in [6.45, 7) is 3.91. The van der Waals surface area contributed by atoms with Gasteiger partial charge in [0.15, 0.2) is 6.29 Å². The second kappa shape index (κ2) is 11.5. The molecule has 1 heterocycles. The molecule has 4 heteroatoms. The highest BCUT2D eigenvalue weighted by Crippen LogP contribution is 2.13. The van der Waals surface area contributed by atoms with Gasteiger partial charge in [0.25, 0.3) is 0 Å². The summed E-state index contributed by atoms with van der Waals surface area (Å²) in [5, 5.41) is 0. The Labute approximate surface area is 110 Å². The Morgan fingerprint density at radius 2 is 1.89 bits per heavy atom. The first-order valence-electron chi connectivity index (χ1n) is 6.75. The molecular weight excluding hydrogens is 232 g/mol. The van der Waals surface area contributed by atoms with Gasteiger partial charge in [0.2, 0.25) is 0 Å². The van der Waals surface area contributed by atoms with E-state index in [1.54, 1.807) is 0 Å². The quantitative estimate of drug-likeness (QED) is 0.442. The molecule has 1 aliphatic heterocycles. The molecule has 18 heavy (non-hydrogen) atoms. The zero-order valence-electron chi connectivity index (χ0n) is 11.1. The molecule has 0 aromatic carbocycles. The van der Waals surface area contributed by atoms with Crippen LogP contribution >= 0.6 is 0 Å². The lowest BCUT2D eigenvalue weighted by Gasteiger charge is -2.22. The fraction of sp³-hybridized carbons (Fsp3) is 0.857. The van der Waals surface area contributed by atoms with Gasteiger partial charge < -0.3 is 18.9 Å². The monoisotopic (exact) mass is 256 g/mol. The first-order valence-corrected chi connectivity index (χ1v) is 6.75. The van der Waals surface area contributed by atoms with Crippen molar-refractivity contribution in [1.82, 2.24) is 0 Å². The molecule has 0 radical (unpaired) electrons. The number of ether oxygens (including phenoxy) is 4. The Morgan fingerprint density at radius 3 is 2.61 bits per heavy atom. The maximum absolute atomic E-state index is 5.55. The topological polar surface area (TPSA) is 36.9 Å². The van der Waals surface area contributed by atoms with Crippen LogP contribution in [-0.2, 0) is 18.9 Å². The second-order valence-corrected chi connectivity index (χ2v) is 4.24. The van der Waals surface area contributed by atoms with Gasteiger partial charge in [-0.05, 0) is 32.1 Å². The van der Waals surface area contributed by atoms with Crippen molar-refractivity contribution in [1.29, 1.82) is 0 Å². The molecule has 0 N–H and O–H groups in total. The maximum atomic E-state index is 5.55. The van der Waals surface area contributed by atoms with Gasteiger partial charge in [0.1, 0.15) is 6.61 Å². The minimum atomic E-state index is -0.0143. The van der Waals surface area contributed by atoms with Crippen LogP contribution < -0.4 is 0 Å². The van der Waals surface area contributed by atoms with Crippen LogP contribution in [0.25, 0.3) is 0 Å². The predicted octanol–water partition coefficient (Wildman–Crippen LogP) is 1.98. The van der Waals surface area contributed by atoms with Gasteiger partial charge >= 0.3 is 0 Å². The number of terminal acetylenes is 1. The van der Waals surface area contributed by atoms with Crippen molar-refractivity contribution >= 4 is 0 Å². The van der Waals surface area contributed by atoms with E-state index in [0.717, 1.165) is 38.9 Å². The second-order valence-electron chi connectivity index (χ2n) is 4.24. The van der Waals surface area contributed by atoms with Gasteiger partial charge in [-0.1, -0.05) is 5.92 Å². The number of hydrogen-bond donors (Lipinski definition) is 0. The first-order chi connectivity index (χ1) is 8.93. The fourth-order valence-electron chi connectivity index (χ4n) is 1.72. The molecule has 0 aromatic rings. The molecule has 1 atom stereocenters. The Morgan fingerprint density at radius 1 is 1.06 bits per heavy atom. The molecule has 1 unspecified atom stereocenters. The van der Waals surface area contributed by atoms with Gasteiger partial charge in [-0.25, -0.2) is 0 Å². The average Bonchev–Trinajstić information content (AvgIpc) is 2.42. The molecule has 1 rings (SSSR count). The van der Waals surface area contributed by atoms with Crippen molar-refractivity contribution in [2.24, 2.45) is 0 Å². The van der Waals surface area contributed by atoms with Crippen LogP contribution in [0.2, 0.25) is 0 Å². The Hall–Kier alpha value is -0.600. The Kier molecular flexibility index (Phi) is 9.87. The molecule has 1 fully saturated rings. The van der Waals surface area contributed by atoms with E-state index in [1.807, 2.05) is 0 Å². The molecule has 1 aliphatic rings. The van der Waals surface area contributed by atoms with Crippen molar-refractivity contribution < 1.29 is 18.9 Å². The average molecular weight is 256 g/mol. The highest BCUT2D eigenvalue weighted by Gasteiger charge is 2.13. The van der Waals surface area contributed by atoms with E-state index in [9.17, 15) is 0 Å². The van der Waals surface area contributed by atoms with E-state index in [2.05, 4.69) is 5.92 Å². The lowest BCUT2D eigenvalue weighted by atomic mass is 10.2. The van der Waals surface area contributed by atoms with Crippen molar-refractivity contribution in [2.75, 3.05) is 39.6 Å². The summed E-state index contributed by atoms with van der Waals surface area (Å²) < 4.78 is 21.6. The van der Waals surface area contributed by atoms with Crippen LogP contribution in [0, 0.1) is 12.3 Å². The van der Waals surface area contributed by atoms with E-state index < -0.39 is 0 Å². The van der Waals surface area contributed by atoms with Gasteiger partial charge in [0.05, 0.1) is 13.2 Å². The van der Waals surface area contributed by atoms with Crippen LogP contribution in [0.15, 0.2) is 0 Å². The van der Waals surface area contributed by atoms with Crippen molar-refractivity contribution in [2.45, 2.75) is 38.4 Å².